The maximum atomic E-state index is 13.1. The molecule has 37 heavy (non-hydrogen) atoms. The monoisotopic (exact) mass is 490 g/mol. The van der Waals surface area contributed by atoms with Gasteiger partial charge in [-0.15, -0.1) is 0 Å². The Kier molecular flexibility index (Phi) is 5.19. The van der Waals surface area contributed by atoms with E-state index in [0.717, 1.165) is 16.5 Å². The van der Waals surface area contributed by atoms with Crippen LogP contribution >= 0.6 is 0 Å². The summed E-state index contributed by atoms with van der Waals surface area (Å²) in [7, 11) is 0. The fourth-order valence-corrected chi connectivity index (χ4v) is 4.64. The van der Waals surface area contributed by atoms with Crippen LogP contribution in [0, 0.1) is 6.92 Å². The van der Waals surface area contributed by atoms with E-state index in [4.69, 9.17) is 15.2 Å². The summed E-state index contributed by atoms with van der Waals surface area (Å²) in [6.45, 7) is 3.60. The molecule has 6 rings (SSSR count). The summed E-state index contributed by atoms with van der Waals surface area (Å²) in [5.41, 5.74) is 9.52. The Bertz CT molecular complexity index is 1860. The summed E-state index contributed by atoms with van der Waals surface area (Å²) < 4.78 is 7.64. The molecule has 0 aliphatic carbocycles. The smallest absolute Gasteiger partial charge is 0.343 e. The van der Waals surface area contributed by atoms with E-state index in [0.29, 0.717) is 39.1 Å². The van der Waals surface area contributed by atoms with Crippen molar-refractivity contribution in [3.05, 3.63) is 95.1 Å². The molecule has 0 radical (unpaired) electrons. The van der Waals surface area contributed by atoms with Gasteiger partial charge < -0.3 is 15.3 Å². The van der Waals surface area contributed by atoms with E-state index in [1.165, 1.54) is 6.33 Å². The SMILES string of the molecule is Cc1ncc(-c2nn(C(C)c3oc(=O)c4ccccc4c3-c3ccccc3)c3ncnc(N)c23)cc1O. The fourth-order valence-electron chi connectivity index (χ4n) is 4.64. The highest BCUT2D eigenvalue weighted by atomic mass is 16.4. The number of aromatic nitrogens is 5. The molecule has 9 nitrogen and oxygen atoms in total. The van der Waals surface area contributed by atoms with Crippen molar-refractivity contribution in [3.63, 3.8) is 0 Å². The lowest BCUT2D eigenvalue weighted by Gasteiger charge is -2.18. The number of nitrogens with zero attached hydrogens (tertiary/aromatic N) is 5. The fraction of sp³-hybridized carbons (Fsp3) is 0.107. The molecule has 0 bridgehead atoms. The number of rotatable bonds is 4. The van der Waals surface area contributed by atoms with Gasteiger partial charge in [-0.3, -0.25) is 4.98 Å². The van der Waals surface area contributed by atoms with Crippen molar-refractivity contribution >= 4 is 27.6 Å². The van der Waals surface area contributed by atoms with Crippen LogP contribution in [-0.2, 0) is 0 Å². The maximum Gasteiger partial charge on any atom is 0.343 e. The number of pyridine rings is 1. The average molecular weight is 491 g/mol. The number of nitrogen functional groups attached to an aromatic ring is 1. The van der Waals surface area contributed by atoms with Crippen LogP contribution in [0.5, 0.6) is 5.75 Å². The summed E-state index contributed by atoms with van der Waals surface area (Å²) in [4.78, 5) is 25.9. The second kappa shape index (κ2) is 8.56. The summed E-state index contributed by atoms with van der Waals surface area (Å²) in [5, 5.41) is 16.9. The van der Waals surface area contributed by atoms with E-state index >= 15 is 0 Å². The van der Waals surface area contributed by atoms with Crippen molar-refractivity contribution in [2.24, 2.45) is 0 Å². The van der Waals surface area contributed by atoms with Crippen LogP contribution in [-0.4, -0.2) is 29.8 Å². The van der Waals surface area contributed by atoms with Crippen LogP contribution in [0.1, 0.15) is 24.4 Å². The second-order valence-electron chi connectivity index (χ2n) is 8.80. The number of anilines is 1. The number of benzene rings is 2. The van der Waals surface area contributed by atoms with Gasteiger partial charge in [-0.2, -0.15) is 5.10 Å². The Labute approximate surface area is 210 Å². The third-order valence-electron chi connectivity index (χ3n) is 6.53. The Morgan fingerprint density at radius 2 is 1.70 bits per heavy atom. The number of nitrogens with two attached hydrogens (primary N) is 1. The average Bonchev–Trinajstić information content (AvgIpc) is 3.31. The molecule has 1 unspecified atom stereocenters. The third-order valence-corrected chi connectivity index (χ3v) is 6.53. The van der Waals surface area contributed by atoms with Gasteiger partial charge >= 0.3 is 5.63 Å². The van der Waals surface area contributed by atoms with Gasteiger partial charge in [-0.05, 0) is 31.5 Å². The molecule has 6 aromatic rings. The van der Waals surface area contributed by atoms with E-state index in [2.05, 4.69) is 15.0 Å². The summed E-state index contributed by atoms with van der Waals surface area (Å²) >= 11 is 0. The van der Waals surface area contributed by atoms with E-state index in [-0.39, 0.29) is 11.6 Å². The lowest BCUT2D eigenvalue weighted by atomic mass is 9.96. The zero-order chi connectivity index (χ0) is 25.7. The van der Waals surface area contributed by atoms with Crippen molar-refractivity contribution in [3.8, 4) is 28.1 Å². The van der Waals surface area contributed by atoms with Crippen LogP contribution in [0.15, 0.2) is 82.4 Å². The van der Waals surface area contributed by atoms with Crippen molar-refractivity contribution in [2.75, 3.05) is 5.73 Å². The number of aryl methyl sites for hydroxylation is 1. The molecule has 0 saturated heterocycles. The topological polar surface area (TPSA) is 133 Å². The van der Waals surface area contributed by atoms with Crippen LogP contribution in [0.4, 0.5) is 5.82 Å². The van der Waals surface area contributed by atoms with Crippen molar-refractivity contribution in [1.82, 2.24) is 24.7 Å². The quantitative estimate of drug-likeness (QED) is 0.358. The molecule has 0 saturated carbocycles. The van der Waals surface area contributed by atoms with Gasteiger partial charge in [0.2, 0.25) is 0 Å². The van der Waals surface area contributed by atoms with E-state index < -0.39 is 11.7 Å². The number of fused-ring (bicyclic) bond motifs is 2. The van der Waals surface area contributed by atoms with Gasteiger partial charge in [-0.1, -0.05) is 48.5 Å². The zero-order valence-electron chi connectivity index (χ0n) is 20.1. The number of aromatic hydroxyl groups is 1. The standard InChI is InChI=1S/C28H22N6O3/c1-15-21(35)12-18(13-30-15)24-23-26(29)31-14-32-27(23)34(33-24)16(2)25-22(17-8-4-3-5-9-17)19-10-6-7-11-20(19)28(36)37-25/h3-14,16,35H,1-2H3,(H2,29,31,32). The minimum absolute atomic E-state index is 0.0376. The molecule has 1 atom stereocenters. The molecule has 182 valence electrons. The minimum Gasteiger partial charge on any atom is -0.506 e. The van der Waals surface area contributed by atoms with Crippen LogP contribution in [0.25, 0.3) is 44.2 Å². The van der Waals surface area contributed by atoms with Gasteiger partial charge in [0.25, 0.3) is 0 Å². The van der Waals surface area contributed by atoms with Gasteiger partial charge in [-0.25, -0.2) is 19.4 Å². The first kappa shape index (κ1) is 22.4. The lowest BCUT2D eigenvalue weighted by molar-refractivity contribution is 0.405. The van der Waals surface area contributed by atoms with Gasteiger partial charge in [0.1, 0.15) is 35.4 Å². The summed E-state index contributed by atoms with van der Waals surface area (Å²) in [6, 6.07) is 18.2. The van der Waals surface area contributed by atoms with Crippen LogP contribution < -0.4 is 11.4 Å². The maximum absolute atomic E-state index is 13.1. The van der Waals surface area contributed by atoms with Gasteiger partial charge in [0, 0.05) is 22.7 Å². The molecule has 3 N–H and O–H groups in total. The molecular weight excluding hydrogens is 468 g/mol. The van der Waals surface area contributed by atoms with Crippen LogP contribution in [0.3, 0.4) is 0 Å². The van der Waals surface area contributed by atoms with Crippen molar-refractivity contribution in [2.45, 2.75) is 19.9 Å². The first-order chi connectivity index (χ1) is 17.9. The number of hydrogen-bond donors (Lipinski definition) is 2. The highest BCUT2D eigenvalue weighted by Crippen LogP contribution is 2.38. The molecule has 0 fully saturated rings. The molecule has 4 aromatic heterocycles. The van der Waals surface area contributed by atoms with E-state index in [9.17, 15) is 9.90 Å². The van der Waals surface area contributed by atoms with Crippen LogP contribution in [0.2, 0.25) is 0 Å². The summed E-state index contributed by atoms with van der Waals surface area (Å²) in [6.07, 6.45) is 2.98. The first-order valence-electron chi connectivity index (χ1n) is 11.7. The zero-order valence-corrected chi connectivity index (χ0v) is 20.1. The molecule has 4 heterocycles. The highest BCUT2D eigenvalue weighted by Gasteiger charge is 2.26. The van der Waals surface area contributed by atoms with Gasteiger partial charge in [0.05, 0.1) is 16.5 Å². The normalized spacial score (nSPS) is 12.3. The lowest BCUT2D eigenvalue weighted by Crippen LogP contribution is -2.14. The Morgan fingerprint density at radius 1 is 0.973 bits per heavy atom. The van der Waals surface area contributed by atoms with Crippen molar-refractivity contribution < 1.29 is 9.52 Å². The molecular formula is C28H22N6O3. The Hall–Kier alpha value is -5.05. The highest BCUT2D eigenvalue weighted by molar-refractivity contribution is 5.99. The molecule has 9 heteroatoms. The molecule has 0 aliphatic rings. The predicted molar refractivity (Wildman–Crippen MR) is 141 cm³/mol. The molecule has 2 aromatic carbocycles. The minimum atomic E-state index is -0.551. The predicted octanol–water partition coefficient (Wildman–Crippen LogP) is 4.87. The van der Waals surface area contributed by atoms with E-state index in [1.54, 1.807) is 29.9 Å². The Morgan fingerprint density at radius 3 is 2.46 bits per heavy atom. The van der Waals surface area contributed by atoms with Gasteiger partial charge in [0.15, 0.2) is 5.65 Å². The van der Waals surface area contributed by atoms with Crippen molar-refractivity contribution in [1.29, 1.82) is 0 Å². The molecule has 0 aliphatic heterocycles. The second-order valence-corrected chi connectivity index (χ2v) is 8.80. The largest absolute Gasteiger partial charge is 0.506 e. The molecule has 0 spiro atoms. The number of hydrogen-bond acceptors (Lipinski definition) is 8. The summed E-state index contributed by atoms with van der Waals surface area (Å²) in [5.74, 6) is 0.713. The Balaban J connectivity index is 1.64. The first-order valence-corrected chi connectivity index (χ1v) is 11.7. The molecule has 0 amide bonds. The third kappa shape index (κ3) is 3.59. The van der Waals surface area contributed by atoms with E-state index in [1.807, 2.05) is 55.5 Å².